The predicted octanol–water partition coefficient (Wildman–Crippen LogP) is 2.82. The van der Waals surface area contributed by atoms with Crippen molar-refractivity contribution in [2.75, 3.05) is 19.6 Å². The van der Waals surface area contributed by atoms with Gasteiger partial charge in [0.05, 0.1) is 12.3 Å². The van der Waals surface area contributed by atoms with Crippen molar-refractivity contribution in [3.8, 4) is 0 Å². The molecule has 0 aromatic carbocycles. The maximum absolute atomic E-state index is 9.05. The van der Waals surface area contributed by atoms with Crippen LogP contribution in [0.25, 0.3) is 0 Å². The summed E-state index contributed by atoms with van der Waals surface area (Å²) in [6.07, 6.45) is 1.15. The highest BCUT2D eigenvalue weighted by atomic mass is 16.3. The molecule has 1 N–H and O–H groups in total. The Morgan fingerprint density at radius 2 is 1.92 bits per heavy atom. The van der Waals surface area contributed by atoms with Crippen molar-refractivity contribution in [3.63, 3.8) is 0 Å². The molecule has 0 unspecified atom stereocenters. The van der Waals surface area contributed by atoms with Gasteiger partial charge in [0.15, 0.2) is 0 Å². The van der Waals surface area contributed by atoms with E-state index in [4.69, 9.17) is 5.11 Å². The summed E-state index contributed by atoms with van der Waals surface area (Å²) in [5.41, 5.74) is 0.365. The zero-order valence-corrected chi connectivity index (χ0v) is 9.43. The van der Waals surface area contributed by atoms with E-state index in [1.165, 1.54) is 0 Å². The predicted molar refractivity (Wildman–Crippen MR) is 58.0 cm³/mol. The number of rotatable bonds is 5. The van der Waals surface area contributed by atoms with Crippen molar-refractivity contribution in [1.82, 2.24) is 4.90 Å². The van der Waals surface area contributed by atoms with E-state index in [0.717, 1.165) is 19.5 Å². The summed E-state index contributed by atoms with van der Waals surface area (Å²) in [6, 6.07) is 0. The van der Waals surface area contributed by atoms with Crippen LogP contribution in [0.3, 0.4) is 0 Å². The summed E-state index contributed by atoms with van der Waals surface area (Å²) in [7, 11) is 0. The van der Waals surface area contributed by atoms with Crippen LogP contribution in [0, 0.1) is 5.41 Å². The third-order valence-corrected chi connectivity index (χ3v) is 2.03. The Bertz CT molecular complexity index is 158. The molecule has 0 radical (unpaired) electrons. The molecule has 0 fully saturated rings. The van der Waals surface area contributed by atoms with Crippen LogP contribution < -0.4 is 0 Å². The van der Waals surface area contributed by atoms with Gasteiger partial charge in [-0.1, -0.05) is 34.3 Å². The number of hydrogen-bond acceptors (Lipinski definition) is 2. The minimum Gasteiger partial charge on any atom is -0.512 e. The Morgan fingerprint density at radius 3 is 2.23 bits per heavy atom. The molecule has 2 heteroatoms. The molecule has 0 aliphatic carbocycles. The molecule has 0 spiro atoms. The monoisotopic (exact) mass is 185 g/mol. The first kappa shape index (κ1) is 12.5. The van der Waals surface area contributed by atoms with Gasteiger partial charge in [-0.15, -0.1) is 0 Å². The fraction of sp³-hybridized carbons (Fsp3) is 0.818. The lowest BCUT2D eigenvalue weighted by Gasteiger charge is -2.25. The Labute approximate surface area is 82.3 Å². The summed E-state index contributed by atoms with van der Waals surface area (Å²) in [5, 5.41) is 9.05. The lowest BCUT2D eigenvalue weighted by atomic mass is 9.92. The maximum Gasteiger partial charge on any atom is 0.0991 e. The molecular weight excluding hydrogens is 162 g/mol. The third kappa shape index (κ3) is 7.85. The zero-order valence-electron chi connectivity index (χ0n) is 9.43. The Hall–Kier alpha value is -0.500. The van der Waals surface area contributed by atoms with E-state index in [1.807, 2.05) is 0 Å². The van der Waals surface area contributed by atoms with E-state index in [9.17, 15) is 0 Å². The number of aliphatic hydroxyl groups is 1. The van der Waals surface area contributed by atoms with Crippen molar-refractivity contribution < 1.29 is 5.11 Å². The zero-order chi connectivity index (χ0) is 10.5. The minimum atomic E-state index is 0.260. The number of nitrogens with zero attached hydrogens (tertiary/aromatic N) is 1. The average Bonchev–Trinajstić information content (AvgIpc) is 1.95. The molecule has 0 amide bonds. The standard InChI is InChI=1S/C11H23NO/c1-6-12(9-10(2)13)8-7-11(3,4)5/h13H,2,6-9H2,1,3-5H3. The van der Waals surface area contributed by atoms with E-state index in [0.29, 0.717) is 12.0 Å². The van der Waals surface area contributed by atoms with E-state index >= 15 is 0 Å². The molecule has 0 bridgehead atoms. The van der Waals surface area contributed by atoms with Crippen LogP contribution in [-0.2, 0) is 0 Å². The van der Waals surface area contributed by atoms with Crippen LogP contribution >= 0.6 is 0 Å². The minimum absolute atomic E-state index is 0.260. The molecule has 0 aliphatic rings. The summed E-state index contributed by atoms with van der Waals surface area (Å²) >= 11 is 0. The first-order chi connectivity index (χ1) is 5.85. The topological polar surface area (TPSA) is 23.5 Å². The summed E-state index contributed by atoms with van der Waals surface area (Å²) < 4.78 is 0. The van der Waals surface area contributed by atoms with Gasteiger partial charge in [0.25, 0.3) is 0 Å². The molecule has 0 saturated carbocycles. The maximum atomic E-state index is 9.05. The Balaban J connectivity index is 3.79. The van der Waals surface area contributed by atoms with Gasteiger partial charge in [-0.25, -0.2) is 0 Å². The molecular formula is C11H23NO. The van der Waals surface area contributed by atoms with Crippen molar-refractivity contribution in [1.29, 1.82) is 0 Å². The second-order valence-electron chi connectivity index (χ2n) is 4.75. The third-order valence-electron chi connectivity index (χ3n) is 2.03. The molecule has 0 aromatic rings. The van der Waals surface area contributed by atoms with Crippen LogP contribution in [0.1, 0.15) is 34.1 Å². The van der Waals surface area contributed by atoms with Gasteiger partial charge in [0, 0.05) is 0 Å². The first-order valence-electron chi connectivity index (χ1n) is 4.94. The SMILES string of the molecule is C=C(O)CN(CC)CCC(C)(C)C. The molecule has 0 aliphatic heterocycles. The highest BCUT2D eigenvalue weighted by Gasteiger charge is 2.12. The van der Waals surface area contributed by atoms with Gasteiger partial charge in [0.1, 0.15) is 0 Å². The van der Waals surface area contributed by atoms with Crippen LogP contribution in [0.2, 0.25) is 0 Å². The largest absolute Gasteiger partial charge is 0.512 e. The van der Waals surface area contributed by atoms with Crippen molar-refractivity contribution >= 4 is 0 Å². The van der Waals surface area contributed by atoms with Gasteiger partial charge in [0.2, 0.25) is 0 Å². The molecule has 2 nitrogen and oxygen atoms in total. The number of hydrogen-bond donors (Lipinski definition) is 1. The van der Waals surface area contributed by atoms with Gasteiger partial charge in [-0.2, -0.15) is 0 Å². The second kappa shape index (κ2) is 5.28. The van der Waals surface area contributed by atoms with Gasteiger partial charge < -0.3 is 5.11 Å². The van der Waals surface area contributed by atoms with Crippen LogP contribution in [0.5, 0.6) is 0 Å². The van der Waals surface area contributed by atoms with E-state index in [-0.39, 0.29) is 5.76 Å². The van der Waals surface area contributed by atoms with E-state index < -0.39 is 0 Å². The second-order valence-corrected chi connectivity index (χ2v) is 4.75. The summed E-state index contributed by atoms with van der Waals surface area (Å²) in [4.78, 5) is 2.20. The quantitative estimate of drug-likeness (QED) is 0.666. The van der Waals surface area contributed by atoms with E-state index in [2.05, 4.69) is 39.2 Å². The first-order valence-corrected chi connectivity index (χ1v) is 4.94. The van der Waals surface area contributed by atoms with E-state index in [1.54, 1.807) is 0 Å². The molecule has 0 atom stereocenters. The van der Waals surface area contributed by atoms with Crippen molar-refractivity contribution in [2.45, 2.75) is 34.1 Å². The molecule has 0 heterocycles. The molecule has 0 aromatic heterocycles. The Kier molecular flexibility index (Phi) is 5.07. The van der Waals surface area contributed by atoms with Gasteiger partial charge >= 0.3 is 0 Å². The van der Waals surface area contributed by atoms with Crippen LogP contribution in [0.15, 0.2) is 12.3 Å². The van der Waals surface area contributed by atoms with Gasteiger partial charge in [-0.3, -0.25) is 4.90 Å². The van der Waals surface area contributed by atoms with Crippen molar-refractivity contribution in [3.05, 3.63) is 12.3 Å². The molecule has 0 saturated heterocycles. The highest BCUT2D eigenvalue weighted by molar-refractivity contribution is 4.83. The fourth-order valence-corrected chi connectivity index (χ4v) is 1.10. The fourth-order valence-electron chi connectivity index (χ4n) is 1.10. The lowest BCUT2D eigenvalue weighted by molar-refractivity contribution is 0.224. The molecule has 13 heavy (non-hydrogen) atoms. The highest BCUT2D eigenvalue weighted by Crippen LogP contribution is 2.18. The Morgan fingerprint density at radius 1 is 1.38 bits per heavy atom. The average molecular weight is 185 g/mol. The normalized spacial score (nSPS) is 12.1. The van der Waals surface area contributed by atoms with Gasteiger partial charge in [-0.05, 0) is 24.9 Å². The summed E-state index contributed by atoms with van der Waals surface area (Å²) in [5.74, 6) is 0.260. The van der Waals surface area contributed by atoms with Crippen molar-refractivity contribution in [2.24, 2.45) is 5.41 Å². The number of aliphatic hydroxyl groups excluding tert-OH is 1. The number of likely N-dealkylation sites (N-methyl/N-ethyl adjacent to an activating group) is 1. The lowest BCUT2D eigenvalue weighted by Crippen LogP contribution is -2.29. The molecule has 78 valence electrons. The van der Waals surface area contributed by atoms with Crippen LogP contribution in [-0.4, -0.2) is 29.6 Å². The summed E-state index contributed by atoms with van der Waals surface area (Å²) in [6.45, 7) is 14.9. The molecule has 0 rings (SSSR count). The van der Waals surface area contributed by atoms with Crippen LogP contribution in [0.4, 0.5) is 0 Å². The smallest absolute Gasteiger partial charge is 0.0991 e.